The van der Waals surface area contributed by atoms with Crippen molar-refractivity contribution >= 4 is 15.9 Å². The molecule has 0 aromatic heterocycles. The molecule has 3 heteroatoms. The molecule has 17 heavy (non-hydrogen) atoms. The van der Waals surface area contributed by atoms with Gasteiger partial charge in [-0.3, -0.25) is 0 Å². The Labute approximate surface area is 112 Å². The van der Waals surface area contributed by atoms with Gasteiger partial charge in [-0.1, -0.05) is 29.3 Å². The maximum atomic E-state index is 5.38. The predicted molar refractivity (Wildman–Crippen MR) is 74.3 cm³/mol. The lowest BCUT2D eigenvalue weighted by Gasteiger charge is -2.18. The van der Waals surface area contributed by atoms with Crippen molar-refractivity contribution < 1.29 is 4.74 Å². The maximum Gasteiger partial charge on any atom is 0.123 e. The van der Waals surface area contributed by atoms with Gasteiger partial charge in [0, 0.05) is 22.6 Å². The molecule has 0 heterocycles. The van der Waals surface area contributed by atoms with Crippen molar-refractivity contribution in [1.82, 2.24) is 5.32 Å². The Morgan fingerprint density at radius 1 is 1.41 bits per heavy atom. The van der Waals surface area contributed by atoms with Crippen LogP contribution in [0.4, 0.5) is 0 Å². The molecule has 94 valence electrons. The minimum absolute atomic E-state index is 0.665. The van der Waals surface area contributed by atoms with Crippen LogP contribution in [-0.4, -0.2) is 13.2 Å². The molecule has 1 aromatic rings. The molecule has 1 fully saturated rings. The fraction of sp³-hybridized carbons (Fsp3) is 0.571. The quantitative estimate of drug-likeness (QED) is 0.914. The van der Waals surface area contributed by atoms with Gasteiger partial charge in [0.25, 0.3) is 0 Å². The smallest absolute Gasteiger partial charge is 0.123 e. The van der Waals surface area contributed by atoms with Crippen molar-refractivity contribution in [2.75, 3.05) is 7.11 Å². The van der Waals surface area contributed by atoms with Crippen molar-refractivity contribution in [3.63, 3.8) is 0 Å². The third-order valence-electron chi connectivity index (χ3n) is 3.66. The zero-order valence-corrected chi connectivity index (χ0v) is 12.1. The highest BCUT2D eigenvalue weighted by molar-refractivity contribution is 9.10. The van der Waals surface area contributed by atoms with Crippen molar-refractivity contribution in [2.45, 2.75) is 38.8 Å². The number of methoxy groups -OCH3 is 1. The lowest BCUT2D eigenvalue weighted by atomic mass is 10.1. The van der Waals surface area contributed by atoms with Crippen LogP contribution >= 0.6 is 15.9 Å². The van der Waals surface area contributed by atoms with Gasteiger partial charge in [0.05, 0.1) is 7.11 Å². The summed E-state index contributed by atoms with van der Waals surface area (Å²) in [6.07, 6.45) is 4.01. The first-order valence-electron chi connectivity index (χ1n) is 6.26. The molecule has 1 saturated carbocycles. The summed E-state index contributed by atoms with van der Waals surface area (Å²) >= 11 is 3.51. The Bertz CT molecular complexity index is 380. The summed E-state index contributed by atoms with van der Waals surface area (Å²) in [6.45, 7) is 3.22. The summed E-state index contributed by atoms with van der Waals surface area (Å²) in [5.41, 5.74) is 1.22. The number of benzene rings is 1. The SMILES string of the molecule is COc1ccc(Br)cc1CNC1CCCC1C. The second-order valence-electron chi connectivity index (χ2n) is 4.85. The van der Waals surface area contributed by atoms with Crippen LogP contribution in [0.1, 0.15) is 31.7 Å². The lowest BCUT2D eigenvalue weighted by molar-refractivity contribution is 0.395. The molecular weight excluding hydrogens is 278 g/mol. The third-order valence-corrected chi connectivity index (χ3v) is 4.15. The van der Waals surface area contributed by atoms with Crippen LogP contribution in [-0.2, 0) is 6.54 Å². The van der Waals surface area contributed by atoms with Crippen LogP contribution in [0.2, 0.25) is 0 Å². The molecule has 2 rings (SSSR count). The van der Waals surface area contributed by atoms with Gasteiger partial charge in [0.15, 0.2) is 0 Å². The Hall–Kier alpha value is -0.540. The molecule has 0 amide bonds. The summed E-state index contributed by atoms with van der Waals surface area (Å²) in [4.78, 5) is 0. The second kappa shape index (κ2) is 5.87. The van der Waals surface area contributed by atoms with Crippen LogP contribution in [0, 0.1) is 5.92 Å². The topological polar surface area (TPSA) is 21.3 Å². The van der Waals surface area contributed by atoms with E-state index in [1.54, 1.807) is 7.11 Å². The molecule has 0 spiro atoms. The fourth-order valence-electron chi connectivity index (χ4n) is 2.58. The first kappa shape index (κ1) is 12.9. The van der Waals surface area contributed by atoms with E-state index in [4.69, 9.17) is 4.74 Å². The largest absolute Gasteiger partial charge is 0.496 e. The van der Waals surface area contributed by atoms with E-state index in [9.17, 15) is 0 Å². The molecular formula is C14H20BrNO. The molecule has 0 aliphatic heterocycles. The molecule has 2 nitrogen and oxygen atoms in total. The normalized spacial score (nSPS) is 23.9. The van der Waals surface area contributed by atoms with E-state index in [1.165, 1.54) is 24.8 Å². The monoisotopic (exact) mass is 297 g/mol. The van der Waals surface area contributed by atoms with Crippen molar-refractivity contribution in [3.8, 4) is 5.75 Å². The number of rotatable bonds is 4. The summed E-state index contributed by atoms with van der Waals surface area (Å²) < 4.78 is 6.49. The van der Waals surface area contributed by atoms with Gasteiger partial charge in [0.2, 0.25) is 0 Å². The Kier molecular flexibility index (Phi) is 4.46. The van der Waals surface area contributed by atoms with Gasteiger partial charge >= 0.3 is 0 Å². The van der Waals surface area contributed by atoms with E-state index < -0.39 is 0 Å². The molecule has 1 aromatic carbocycles. The maximum absolute atomic E-state index is 5.38. The molecule has 0 saturated heterocycles. The van der Waals surface area contributed by atoms with Gasteiger partial charge in [-0.25, -0.2) is 0 Å². The van der Waals surface area contributed by atoms with Crippen LogP contribution < -0.4 is 10.1 Å². The van der Waals surface area contributed by atoms with Crippen molar-refractivity contribution in [2.24, 2.45) is 5.92 Å². The van der Waals surface area contributed by atoms with Crippen LogP contribution in [0.3, 0.4) is 0 Å². The standard InChI is InChI=1S/C14H20BrNO/c1-10-4-3-5-13(10)16-9-11-8-12(15)6-7-14(11)17-2/h6-8,10,13,16H,3-5,9H2,1-2H3. The molecule has 1 N–H and O–H groups in total. The van der Waals surface area contributed by atoms with E-state index in [1.807, 2.05) is 12.1 Å². The summed E-state index contributed by atoms with van der Waals surface area (Å²) in [5, 5.41) is 3.65. The molecule has 2 atom stereocenters. The molecule has 2 unspecified atom stereocenters. The average Bonchev–Trinajstić information content (AvgIpc) is 2.72. The third kappa shape index (κ3) is 3.23. The molecule has 0 bridgehead atoms. The summed E-state index contributed by atoms with van der Waals surface area (Å²) in [6, 6.07) is 6.82. The highest BCUT2D eigenvalue weighted by atomic mass is 79.9. The number of hydrogen-bond acceptors (Lipinski definition) is 2. The van der Waals surface area contributed by atoms with Gasteiger partial charge in [0.1, 0.15) is 5.75 Å². The van der Waals surface area contributed by atoms with Crippen LogP contribution in [0.5, 0.6) is 5.75 Å². The highest BCUT2D eigenvalue weighted by Gasteiger charge is 2.22. The minimum Gasteiger partial charge on any atom is -0.496 e. The molecule has 0 radical (unpaired) electrons. The van der Waals surface area contributed by atoms with E-state index in [2.05, 4.69) is 34.2 Å². The predicted octanol–water partition coefficient (Wildman–Crippen LogP) is 3.74. The first-order valence-corrected chi connectivity index (χ1v) is 7.06. The Morgan fingerprint density at radius 3 is 2.88 bits per heavy atom. The average molecular weight is 298 g/mol. The summed E-state index contributed by atoms with van der Waals surface area (Å²) in [5.74, 6) is 1.76. The van der Waals surface area contributed by atoms with E-state index in [-0.39, 0.29) is 0 Å². The number of nitrogens with one attached hydrogen (secondary N) is 1. The first-order chi connectivity index (χ1) is 8.20. The molecule has 1 aliphatic carbocycles. The van der Waals surface area contributed by atoms with E-state index >= 15 is 0 Å². The van der Waals surface area contributed by atoms with Gasteiger partial charge in [-0.2, -0.15) is 0 Å². The highest BCUT2D eigenvalue weighted by Crippen LogP contribution is 2.27. The fourth-order valence-corrected chi connectivity index (χ4v) is 2.98. The van der Waals surface area contributed by atoms with Gasteiger partial charge < -0.3 is 10.1 Å². The zero-order chi connectivity index (χ0) is 12.3. The second-order valence-corrected chi connectivity index (χ2v) is 5.77. The van der Waals surface area contributed by atoms with Crippen LogP contribution in [0.15, 0.2) is 22.7 Å². The minimum atomic E-state index is 0.665. The van der Waals surface area contributed by atoms with Gasteiger partial charge in [-0.05, 0) is 37.0 Å². The van der Waals surface area contributed by atoms with Crippen LogP contribution in [0.25, 0.3) is 0 Å². The number of hydrogen-bond donors (Lipinski definition) is 1. The number of ether oxygens (including phenoxy) is 1. The Balaban J connectivity index is 2.00. The van der Waals surface area contributed by atoms with Gasteiger partial charge in [-0.15, -0.1) is 0 Å². The van der Waals surface area contributed by atoms with Crippen molar-refractivity contribution in [3.05, 3.63) is 28.2 Å². The van der Waals surface area contributed by atoms with E-state index in [0.717, 1.165) is 22.7 Å². The zero-order valence-electron chi connectivity index (χ0n) is 10.5. The number of halogens is 1. The van der Waals surface area contributed by atoms with E-state index in [0.29, 0.717) is 6.04 Å². The summed E-state index contributed by atoms with van der Waals surface area (Å²) in [7, 11) is 1.73. The molecule has 1 aliphatic rings. The lowest BCUT2D eigenvalue weighted by Crippen LogP contribution is -2.30. The Morgan fingerprint density at radius 2 is 2.24 bits per heavy atom. The van der Waals surface area contributed by atoms with Crippen molar-refractivity contribution in [1.29, 1.82) is 0 Å².